The first-order chi connectivity index (χ1) is 16.8. The third kappa shape index (κ3) is 8.02. The van der Waals surface area contributed by atoms with Gasteiger partial charge in [0.05, 0.1) is 13.0 Å². The molecule has 0 aliphatic rings. The summed E-state index contributed by atoms with van der Waals surface area (Å²) in [6.45, 7) is -0.0107. The lowest BCUT2D eigenvalue weighted by atomic mass is 10.1. The number of aliphatic hydroxyl groups is 1. The quantitative estimate of drug-likeness (QED) is 0.352. The van der Waals surface area contributed by atoms with Crippen LogP contribution in [-0.2, 0) is 11.2 Å². The maximum absolute atomic E-state index is 14.6. The number of aliphatic hydroxyl groups excluding tert-OH is 1. The average molecular weight is 498 g/mol. The van der Waals surface area contributed by atoms with Crippen LogP contribution < -0.4 is 20.7 Å². The standard InChI is InChI=1S/C24H24FN5O4S/c1-30(11-12-31)24(33)28-21-15-18(9-10-26-21)34-20-8-7-17(14-19(20)25)27-23(35)29-22(32)13-16-5-3-2-4-6-16/h2-10,14-15,31H,11-13H2,1H3,(H,26,28,33)(H2,27,29,32,35). The molecule has 0 aliphatic carbocycles. The van der Waals surface area contributed by atoms with E-state index in [9.17, 15) is 14.0 Å². The third-order valence-electron chi connectivity index (χ3n) is 4.63. The summed E-state index contributed by atoms with van der Waals surface area (Å²) in [4.78, 5) is 29.5. The van der Waals surface area contributed by atoms with Gasteiger partial charge < -0.3 is 25.4 Å². The molecule has 4 N–H and O–H groups in total. The molecule has 11 heteroatoms. The maximum atomic E-state index is 14.6. The fourth-order valence-electron chi connectivity index (χ4n) is 2.90. The number of aromatic nitrogens is 1. The molecule has 35 heavy (non-hydrogen) atoms. The van der Waals surface area contributed by atoms with Crippen molar-refractivity contribution in [3.8, 4) is 11.5 Å². The number of urea groups is 1. The first-order valence-electron chi connectivity index (χ1n) is 10.5. The number of hydrogen-bond acceptors (Lipinski definition) is 6. The van der Waals surface area contributed by atoms with E-state index in [0.717, 1.165) is 5.56 Å². The minimum Gasteiger partial charge on any atom is -0.454 e. The van der Waals surface area contributed by atoms with Gasteiger partial charge in [0.15, 0.2) is 16.7 Å². The van der Waals surface area contributed by atoms with Crippen LogP contribution in [0.5, 0.6) is 11.5 Å². The van der Waals surface area contributed by atoms with Gasteiger partial charge in [0.2, 0.25) is 5.91 Å². The van der Waals surface area contributed by atoms with Crippen molar-refractivity contribution in [1.29, 1.82) is 0 Å². The first kappa shape index (κ1) is 25.5. The summed E-state index contributed by atoms with van der Waals surface area (Å²) in [5.41, 5.74) is 1.17. The Labute approximate surface area is 206 Å². The molecule has 3 aromatic rings. The number of rotatable bonds is 8. The number of hydrogen-bond donors (Lipinski definition) is 4. The summed E-state index contributed by atoms with van der Waals surface area (Å²) >= 11 is 5.14. The number of ether oxygens (including phenoxy) is 1. The molecule has 3 amide bonds. The van der Waals surface area contributed by atoms with Crippen molar-refractivity contribution in [2.75, 3.05) is 30.8 Å². The fourth-order valence-corrected chi connectivity index (χ4v) is 3.13. The predicted octanol–water partition coefficient (Wildman–Crippen LogP) is 3.52. The summed E-state index contributed by atoms with van der Waals surface area (Å²) in [5, 5.41) is 16.8. The van der Waals surface area contributed by atoms with E-state index < -0.39 is 11.8 Å². The van der Waals surface area contributed by atoms with Crippen molar-refractivity contribution in [1.82, 2.24) is 15.2 Å². The highest BCUT2D eigenvalue weighted by molar-refractivity contribution is 7.80. The zero-order chi connectivity index (χ0) is 25.2. The van der Waals surface area contributed by atoms with Gasteiger partial charge in [-0.3, -0.25) is 10.1 Å². The predicted molar refractivity (Wildman–Crippen MR) is 134 cm³/mol. The van der Waals surface area contributed by atoms with E-state index in [1.807, 2.05) is 30.3 Å². The molecule has 9 nitrogen and oxygen atoms in total. The average Bonchev–Trinajstić information content (AvgIpc) is 2.81. The Bertz CT molecular complexity index is 1200. The van der Waals surface area contributed by atoms with Gasteiger partial charge >= 0.3 is 6.03 Å². The second-order valence-corrected chi connectivity index (χ2v) is 7.77. The molecule has 0 saturated carbocycles. The van der Waals surface area contributed by atoms with Gasteiger partial charge in [-0.2, -0.15) is 0 Å². The van der Waals surface area contributed by atoms with Crippen molar-refractivity contribution >= 4 is 40.8 Å². The number of halogens is 1. The van der Waals surface area contributed by atoms with Crippen LogP contribution in [0.25, 0.3) is 0 Å². The highest BCUT2D eigenvalue weighted by Gasteiger charge is 2.12. The van der Waals surface area contributed by atoms with Crippen LogP contribution in [0.15, 0.2) is 66.9 Å². The number of nitrogens with zero attached hydrogens (tertiary/aromatic N) is 2. The number of likely N-dealkylation sites (N-methyl/N-ethyl adjacent to an activating group) is 1. The SMILES string of the molecule is CN(CCO)C(=O)Nc1cc(Oc2ccc(NC(=S)NC(=O)Cc3ccccc3)cc2F)ccn1. The molecule has 0 radical (unpaired) electrons. The van der Waals surface area contributed by atoms with Crippen molar-refractivity contribution in [2.24, 2.45) is 0 Å². The number of anilines is 2. The van der Waals surface area contributed by atoms with Crippen LogP contribution in [-0.4, -0.2) is 52.2 Å². The van der Waals surface area contributed by atoms with E-state index in [0.29, 0.717) is 5.69 Å². The second-order valence-electron chi connectivity index (χ2n) is 7.36. The highest BCUT2D eigenvalue weighted by Crippen LogP contribution is 2.27. The highest BCUT2D eigenvalue weighted by atomic mass is 32.1. The molecule has 0 spiro atoms. The molecule has 0 saturated heterocycles. The number of nitrogens with one attached hydrogen (secondary N) is 3. The molecule has 0 aliphatic heterocycles. The first-order valence-corrected chi connectivity index (χ1v) is 11.0. The van der Waals surface area contributed by atoms with Crippen molar-refractivity contribution in [2.45, 2.75) is 6.42 Å². The van der Waals surface area contributed by atoms with E-state index in [4.69, 9.17) is 22.1 Å². The maximum Gasteiger partial charge on any atom is 0.322 e. The van der Waals surface area contributed by atoms with Crippen LogP contribution >= 0.6 is 12.2 Å². The zero-order valence-corrected chi connectivity index (χ0v) is 19.6. The van der Waals surface area contributed by atoms with Crippen molar-refractivity contribution in [3.05, 3.63) is 78.2 Å². The van der Waals surface area contributed by atoms with Crippen LogP contribution in [0.1, 0.15) is 5.56 Å². The molecule has 3 rings (SSSR count). The van der Waals surface area contributed by atoms with Gasteiger partial charge in [-0.05, 0) is 36.0 Å². The van der Waals surface area contributed by atoms with Gasteiger partial charge in [-0.25, -0.2) is 14.2 Å². The van der Waals surface area contributed by atoms with E-state index in [2.05, 4.69) is 20.9 Å². The summed E-state index contributed by atoms with van der Waals surface area (Å²) in [7, 11) is 1.53. The summed E-state index contributed by atoms with van der Waals surface area (Å²) in [5.74, 6) is -0.567. The molecule has 1 heterocycles. The molecule has 182 valence electrons. The summed E-state index contributed by atoms with van der Waals surface area (Å²) < 4.78 is 20.2. The topological polar surface area (TPSA) is 116 Å². The monoisotopic (exact) mass is 497 g/mol. The summed E-state index contributed by atoms with van der Waals surface area (Å²) in [6, 6.07) is 15.8. The number of thiocarbonyl (C=S) groups is 1. The van der Waals surface area contributed by atoms with Crippen molar-refractivity contribution in [3.63, 3.8) is 0 Å². The van der Waals surface area contributed by atoms with E-state index >= 15 is 0 Å². The minimum atomic E-state index is -0.668. The van der Waals surface area contributed by atoms with Crippen LogP contribution in [0, 0.1) is 5.82 Å². The fraction of sp³-hybridized carbons (Fsp3) is 0.167. The minimum absolute atomic E-state index is 0.0414. The summed E-state index contributed by atoms with van der Waals surface area (Å²) in [6.07, 6.45) is 1.57. The third-order valence-corrected chi connectivity index (χ3v) is 4.83. The van der Waals surface area contributed by atoms with Gasteiger partial charge in [0.25, 0.3) is 0 Å². The van der Waals surface area contributed by atoms with Crippen LogP contribution in [0.2, 0.25) is 0 Å². The normalized spacial score (nSPS) is 10.3. The van der Waals surface area contributed by atoms with E-state index in [1.165, 1.54) is 42.4 Å². The molecule has 0 fully saturated rings. The Morgan fingerprint density at radius 3 is 2.60 bits per heavy atom. The molecule has 1 aromatic heterocycles. The Kier molecular flexibility index (Phi) is 9.04. The smallest absolute Gasteiger partial charge is 0.322 e. The molecule has 0 unspecified atom stereocenters. The lowest BCUT2D eigenvalue weighted by Crippen LogP contribution is -2.35. The molecular formula is C24H24FN5O4S. The number of benzene rings is 2. The van der Waals surface area contributed by atoms with E-state index in [1.54, 1.807) is 6.07 Å². The Hall–Kier alpha value is -4.09. The number of pyridine rings is 1. The van der Waals surface area contributed by atoms with Gasteiger partial charge in [0, 0.05) is 37.6 Å². The Morgan fingerprint density at radius 1 is 1.11 bits per heavy atom. The van der Waals surface area contributed by atoms with E-state index in [-0.39, 0.29) is 47.9 Å². The van der Waals surface area contributed by atoms with Gasteiger partial charge in [-0.15, -0.1) is 0 Å². The molecule has 0 atom stereocenters. The van der Waals surface area contributed by atoms with Crippen LogP contribution in [0.4, 0.5) is 20.7 Å². The number of carbonyl (C=O) groups is 2. The Morgan fingerprint density at radius 2 is 1.89 bits per heavy atom. The molecule has 0 bridgehead atoms. The molecule has 2 aromatic carbocycles. The van der Waals surface area contributed by atoms with Crippen LogP contribution in [0.3, 0.4) is 0 Å². The lowest BCUT2D eigenvalue weighted by molar-refractivity contribution is -0.119. The van der Waals surface area contributed by atoms with Gasteiger partial charge in [0.1, 0.15) is 11.6 Å². The zero-order valence-electron chi connectivity index (χ0n) is 18.8. The number of amides is 3. The number of carbonyl (C=O) groups excluding carboxylic acids is 2. The Balaban J connectivity index is 1.57. The lowest BCUT2D eigenvalue weighted by Gasteiger charge is -2.16. The van der Waals surface area contributed by atoms with Gasteiger partial charge in [-0.1, -0.05) is 30.3 Å². The van der Waals surface area contributed by atoms with Crippen molar-refractivity contribution < 1.29 is 23.8 Å². The second kappa shape index (κ2) is 12.4. The molecular weight excluding hydrogens is 473 g/mol. The largest absolute Gasteiger partial charge is 0.454 e.